The van der Waals surface area contributed by atoms with E-state index >= 15 is 0 Å². The summed E-state index contributed by atoms with van der Waals surface area (Å²) in [6, 6.07) is 3.88. The summed E-state index contributed by atoms with van der Waals surface area (Å²) in [5, 5.41) is 0. The first-order valence-electron chi connectivity index (χ1n) is 3.36. The second kappa shape index (κ2) is 2.27. The lowest BCUT2D eigenvalue weighted by Crippen LogP contribution is -1.86. The Morgan fingerprint density at radius 2 is 2.36 bits per heavy atom. The fourth-order valence-electron chi connectivity index (χ4n) is 1.02. The minimum absolute atomic E-state index is 0.843. The number of hydrogen-bond donors (Lipinski definition) is 0. The van der Waals surface area contributed by atoms with E-state index in [0.717, 1.165) is 11.3 Å². The van der Waals surface area contributed by atoms with E-state index < -0.39 is 0 Å². The summed E-state index contributed by atoms with van der Waals surface area (Å²) < 4.78 is 6.96. The molecule has 0 aromatic carbocycles. The number of fused-ring (bicyclic) bond motifs is 1. The van der Waals surface area contributed by atoms with E-state index in [4.69, 9.17) is 4.74 Å². The molecule has 0 fully saturated rings. The molecule has 2 heterocycles. The quantitative estimate of drug-likeness (QED) is 0.610. The molecule has 3 heteroatoms. The fraction of sp³-hybridized carbons (Fsp3) is 0.125. The normalized spacial score (nSPS) is 10.3. The van der Waals surface area contributed by atoms with E-state index in [-0.39, 0.29) is 0 Å². The topological polar surface area (TPSA) is 26.5 Å². The van der Waals surface area contributed by atoms with Crippen LogP contribution in [0.2, 0.25) is 0 Å². The van der Waals surface area contributed by atoms with Crippen LogP contribution in [0.1, 0.15) is 0 Å². The Kier molecular flexibility index (Phi) is 1.28. The van der Waals surface area contributed by atoms with Crippen molar-refractivity contribution in [1.82, 2.24) is 9.38 Å². The van der Waals surface area contributed by atoms with Crippen LogP contribution in [-0.4, -0.2) is 16.5 Å². The largest absolute Gasteiger partial charge is 0.495 e. The Morgan fingerprint density at radius 3 is 3.18 bits per heavy atom. The average Bonchev–Trinajstić information content (AvgIpc) is 2.50. The van der Waals surface area contributed by atoms with Crippen molar-refractivity contribution >= 4 is 5.52 Å². The third-order valence-corrected chi connectivity index (χ3v) is 1.62. The Labute approximate surface area is 64.2 Å². The molecule has 0 spiro atoms. The zero-order chi connectivity index (χ0) is 7.68. The second-order valence-corrected chi connectivity index (χ2v) is 2.29. The van der Waals surface area contributed by atoms with E-state index in [1.54, 1.807) is 19.6 Å². The van der Waals surface area contributed by atoms with Gasteiger partial charge in [0, 0.05) is 0 Å². The van der Waals surface area contributed by atoms with Crippen molar-refractivity contribution in [3.8, 4) is 5.75 Å². The van der Waals surface area contributed by atoms with Crippen molar-refractivity contribution in [2.75, 3.05) is 7.11 Å². The molecule has 0 radical (unpaired) electrons. The maximum atomic E-state index is 5.04. The van der Waals surface area contributed by atoms with Gasteiger partial charge in [0.25, 0.3) is 0 Å². The Bertz CT molecular complexity index is 367. The molecule has 0 saturated heterocycles. The molecule has 56 valence electrons. The summed E-state index contributed by atoms with van der Waals surface area (Å²) in [6.07, 6.45) is 5.44. The number of rotatable bonds is 1. The lowest BCUT2D eigenvalue weighted by atomic mass is 10.4. The van der Waals surface area contributed by atoms with Crippen LogP contribution >= 0.6 is 0 Å². The van der Waals surface area contributed by atoms with Gasteiger partial charge in [0.05, 0.1) is 31.3 Å². The van der Waals surface area contributed by atoms with Gasteiger partial charge < -0.3 is 9.14 Å². The molecule has 11 heavy (non-hydrogen) atoms. The van der Waals surface area contributed by atoms with Crippen LogP contribution in [0.25, 0.3) is 5.52 Å². The number of hydrogen-bond acceptors (Lipinski definition) is 2. The highest BCUT2D eigenvalue weighted by molar-refractivity contribution is 5.46. The van der Waals surface area contributed by atoms with Crippen LogP contribution < -0.4 is 4.74 Å². The van der Waals surface area contributed by atoms with Crippen molar-refractivity contribution in [2.45, 2.75) is 0 Å². The van der Waals surface area contributed by atoms with Crippen LogP contribution in [0.3, 0.4) is 0 Å². The van der Waals surface area contributed by atoms with Gasteiger partial charge in [-0.25, -0.2) is 4.98 Å². The van der Waals surface area contributed by atoms with Gasteiger partial charge in [-0.3, -0.25) is 0 Å². The summed E-state index contributed by atoms with van der Waals surface area (Å²) in [4.78, 5) is 3.98. The zero-order valence-corrected chi connectivity index (χ0v) is 6.19. The molecule has 2 aromatic rings. The van der Waals surface area contributed by atoms with Crippen LogP contribution in [0.15, 0.2) is 30.9 Å². The molecule has 0 aliphatic rings. The van der Waals surface area contributed by atoms with Gasteiger partial charge in [0.2, 0.25) is 0 Å². The number of ether oxygens (including phenoxy) is 1. The van der Waals surface area contributed by atoms with E-state index in [2.05, 4.69) is 4.98 Å². The maximum absolute atomic E-state index is 5.04. The molecule has 0 amide bonds. The SMILES string of the molecule is COc1ccc2cncn2c1. The Morgan fingerprint density at radius 1 is 1.45 bits per heavy atom. The van der Waals surface area contributed by atoms with Gasteiger partial charge in [-0.1, -0.05) is 0 Å². The first-order chi connectivity index (χ1) is 5.40. The van der Waals surface area contributed by atoms with Gasteiger partial charge in [-0.15, -0.1) is 0 Å². The second-order valence-electron chi connectivity index (χ2n) is 2.29. The molecule has 0 saturated carbocycles. The van der Waals surface area contributed by atoms with Gasteiger partial charge in [0.1, 0.15) is 5.75 Å². The van der Waals surface area contributed by atoms with Crippen LogP contribution in [0.4, 0.5) is 0 Å². The zero-order valence-electron chi connectivity index (χ0n) is 6.19. The summed E-state index contributed by atoms with van der Waals surface area (Å²) in [6.45, 7) is 0. The first-order valence-corrected chi connectivity index (χ1v) is 3.36. The van der Waals surface area contributed by atoms with Crippen molar-refractivity contribution in [1.29, 1.82) is 0 Å². The predicted octanol–water partition coefficient (Wildman–Crippen LogP) is 1.34. The Balaban J connectivity index is 2.67. The standard InChI is InChI=1S/C8H8N2O/c1-11-8-3-2-7-4-9-6-10(7)5-8/h2-6H,1H3. The van der Waals surface area contributed by atoms with Crippen molar-refractivity contribution in [3.05, 3.63) is 30.9 Å². The molecule has 0 atom stereocenters. The Hall–Kier alpha value is -1.51. The number of pyridine rings is 1. The van der Waals surface area contributed by atoms with Gasteiger partial charge in [0.15, 0.2) is 0 Å². The fourth-order valence-corrected chi connectivity index (χ4v) is 1.02. The summed E-state index contributed by atoms with van der Waals surface area (Å²) in [5.74, 6) is 0.843. The third kappa shape index (κ3) is 0.941. The molecular formula is C8H8N2O. The van der Waals surface area contributed by atoms with Crippen molar-refractivity contribution in [3.63, 3.8) is 0 Å². The summed E-state index contributed by atoms with van der Waals surface area (Å²) >= 11 is 0. The van der Waals surface area contributed by atoms with E-state index in [9.17, 15) is 0 Å². The molecular weight excluding hydrogens is 140 g/mol. The number of nitrogens with zero attached hydrogens (tertiary/aromatic N) is 2. The lowest BCUT2D eigenvalue weighted by Gasteiger charge is -1.98. The average molecular weight is 148 g/mol. The highest BCUT2D eigenvalue weighted by atomic mass is 16.5. The van der Waals surface area contributed by atoms with Crippen LogP contribution in [-0.2, 0) is 0 Å². The maximum Gasteiger partial charge on any atom is 0.135 e. The monoisotopic (exact) mass is 148 g/mol. The first kappa shape index (κ1) is 6.22. The summed E-state index contributed by atoms with van der Waals surface area (Å²) in [5.41, 5.74) is 1.07. The van der Waals surface area contributed by atoms with Crippen LogP contribution in [0, 0.1) is 0 Å². The molecule has 0 N–H and O–H groups in total. The molecule has 0 unspecified atom stereocenters. The lowest BCUT2D eigenvalue weighted by molar-refractivity contribution is 0.412. The van der Waals surface area contributed by atoms with E-state index in [1.165, 1.54) is 0 Å². The number of aromatic nitrogens is 2. The van der Waals surface area contributed by atoms with E-state index in [0.29, 0.717) is 0 Å². The van der Waals surface area contributed by atoms with Crippen molar-refractivity contribution < 1.29 is 4.74 Å². The molecule has 0 aliphatic carbocycles. The number of methoxy groups -OCH3 is 1. The van der Waals surface area contributed by atoms with Crippen LogP contribution in [0.5, 0.6) is 5.75 Å². The number of imidazole rings is 1. The molecule has 2 aromatic heterocycles. The van der Waals surface area contributed by atoms with Gasteiger partial charge >= 0.3 is 0 Å². The highest BCUT2D eigenvalue weighted by Crippen LogP contribution is 2.11. The minimum Gasteiger partial charge on any atom is -0.495 e. The van der Waals surface area contributed by atoms with Crippen molar-refractivity contribution in [2.24, 2.45) is 0 Å². The molecule has 2 rings (SSSR count). The predicted molar refractivity (Wildman–Crippen MR) is 41.7 cm³/mol. The van der Waals surface area contributed by atoms with E-state index in [1.807, 2.05) is 22.7 Å². The minimum atomic E-state index is 0.843. The smallest absolute Gasteiger partial charge is 0.135 e. The van der Waals surface area contributed by atoms with Gasteiger partial charge in [-0.05, 0) is 12.1 Å². The van der Waals surface area contributed by atoms with Gasteiger partial charge in [-0.2, -0.15) is 0 Å². The highest BCUT2D eigenvalue weighted by Gasteiger charge is 1.93. The third-order valence-electron chi connectivity index (χ3n) is 1.62. The molecule has 3 nitrogen and oxygen atoms in total. The molecule has 0 aliphatic heterocycles. The molecule has 0 bridgehead atoms. The summed E-state index contributed by atoms with van der Waals surface area (Å²) in [7, 11) is 1.65.